The van der Waals surface area contributed by atoms with Crippen molar-refractivity contribution in [2.75, 3.05) is 0 Å². The molecule has 1 rings (SSSR count). The minimum atomic E-state index is 1.37. The maximum Gasteiger partial charge on any atom is -0.0196 e. The Labute approximate surface area is 81.3 Å². The molecule has 0 aromatic heterocycles. The van der Waals surface area contributed by atoms with Crippen molar-refractivity contribution >= 4 is 5.57 Å². The van der Waals surface area contributed by atoms with Gasteiger partial charge in [0, 0.05) is 0 Å². The van der Waals surface area contributed by atoms with E-state index < -0.39 is 0 Å². The maximum absolute atomic E-state index is 2.20. The third kappa shape index (κ3) is 2.00. The summed E-state index contributed by atoms with van der Waals surface area (Å²) >= 11 is 0. The molecule has 0 heteroatoms. The molecular weight excluding hydrogens is 156 g/mol. The molecule has 0 nitrogen and oxygen atoms in total. The molecule has 0 spiro atoms. The van der Waals surface area contributed by atoms with E-state index in [0.717, 1.165) is 0 Å². The first-order valence-corrected chi connectivity index (χ1v) is 4.74. The molecule has 0 atom stereocenters. The average Bonchev–Trinajstić information content (AvgIpc) is 2.08. The Bertz CT molecular complexity index is 339. The molecule has 0 saturated heterocycles. The highest BCUT2D eigenvalue weighted by Crippen LogP contribution is 2.23. The van der Waals surface area contributed by atoms with Gasteiger partial charge in [-0.3, -0.25) is 0 Å². The third-order valence-electron chi connectivity index (χ3n) is 2.76. The molecule has 0 unspecified atom stereocenters. The lowest BCUT2D eigenvalue weighted by Gasteiger charge is -2.10. The van der Waals surface area contributed by atoms with Gasteiger partial charge in [0.15, 0.2) is 0 Å². The van der Waals surface area contributed by atoms with Gasteiger partial charge in [-0.25, -0.2) is 0 Å². The van der Waals surface area contributed by atoms with Crippen LogP contribution in [0.15, 0.2) is 23.8 Å². The van der Waals surface area contributed by atoms with Gasteiger partial charge in [-0.2, -0.15) is 0 Å². The standard InChI is InChI=1S/C13H18/c1-9(2)11(4)13-8-6-7-10(3)12(13)5/h6-8H,1-5H3. The van der Waals surface area contributed by atoms with Gasteiger partial charge < -0.3 is 0 Å². The number of aryl methyl sites for hydroxylation is 1. The highest BCUT2D eigenvalue weighted by atomic mass is 14.1. The Morgan fingerprint density at radius 1 is 1.00 bits per heavy atom. The minimum Gasteiger partial charge on any atom is -0.0729 e. The highest BCUT2D eigenvalue weighted by molar-refractivity contribution is 5.69. The van der Waals surface area contributed by atoms with Crippen LogP contribution in [0, 0.1) is 13.8 Å². The zero-order chi connectivity index (χ0) is 10.0. The number of allylic oxidation sites excluding steroid dienone is 2. The second-order valence-electron chi connectivity index (χ2n) is 3.87. The van der Waals surface area contributed by atoms with Crippen LogP contribution in [0.2, 0.25) is 0 Å². The van der Waals surface area contributed by atoms with Crippen LogP contribution < -0.4 is 0 Å². The van der Waals surface area contributed by atoms with Crippen LogP contribution in [0.5, 0.6) is 0 Å². The Kier molecular flexibility index (Phi) is 2.92. The van der Waals surface area contributed by atoms with Crippen molar-refractivity contribution in [2.45, 2.75) is 34.6 Å². The fourth-order valence-corrected chi connectivity index (χ4v) is 1.43. The Morgan fingerprint density at radius 3 is 2.15 bits per heavy atom. The second-order valence-corrected chi connectivity index (χ2v) is 3.87. The van der Waals surface area contributed by atoms with Crippen molar-refractivity contribution in [2.24, 2.45) is 0 Å². The molecule has 1 aromatic carbocycles. The van der Waals surface area contributed by atoms with E-state index in [9.17, 15) is 0 Å². The first kappa shape index (κ1) is 10.0. The lowest BCUT2D eigenvalue weighted by Crippen LogP contribution is -1.90. The lowest BCUT2D eigenvalue weighted by molar-refractivity contribution is 1.28. The molecule has 13 heavy (non-hydrogen) atoms. The first-order valence-electron chi connectivity index (χ1n) is 4.74. The molecule has 0 radical (unpaired) electrons. The summed E-state index contributed by atoms with van der Waals surface area (Å²) in [5.41, 5.74) is 6.97. The van der Waals surface area contributed by atoms with Gasteiger partial charge in [0.25, 0.3) is 0 Å². The molecule has 0 aliphatic carbocycles. The van der Waals surface area contributed by atoms with Crippen molar-refractivity contribution in [1.82, 2.24) is 0 Å². The van der Waals surface area contributed by atoms with Gasteiger partial charge >= 0.3 is 0 Å². The van der Waals surface area contributed by atoms with E-state index in [-0.39, 0.29) is 0 Å². The Morgan fingerprint density at radius 2 is 1.62 bits per heavy atom. The predicted molar refractivity (Wildman–Crippen MR) is 59.9 cm³/mol. The van der Waals surface area contributed by atoms with Gasteiger partial charge in [-0.05, 0) is 56.9 Å². The number of hydrogen-bond acceptors (Lipinski definition) is 0. The lowest BCUT2D eigenvalue weighted by atomic mass is 9.96. The fraction of sp³-hybridized carbons (Fsp3) is 0.385. The van der Waals surface area contributed by atoms with Crippen molar-refractivity contribution in [1.29, 1.82) is 0 Å². The molecule has 0 N–H and O–H groups in total. The predicted octanol–water partition coefficient (Wildman–Crippen LogP) is 4.12. The first-order chi connectivity index (χ1) is 6.04. The van der Waals surface area contributed by atoms with Gasteiger partial charge in [0.05, 0.1) is 0 Å². The van der Waals surface area contributed by atoms with Crippen molar-refractivity contribution in [3.63, 3.8) is 0 Å². The Balaban J connectivity index is 3.32. The number of rotatable bonds is 1. The molecular formula is C13H18. The van der Waals surface area contributed by atoms with Crippen LogP contribution in [0.3, 0.4) is 0 Å². The quantitative estimate of drug-likeness (QED) is 0.601. The molecule has 0 bridgehead atoms. The summed E-state index contributed by atoms with van der Waals surface area (Å²) < 4.78 is 0. The van der Waals surface area contributed by atoms with E-state index in [1.54, 1.807) is 0 Å². The SMILES string of the molecule is CC(C)=C(C)c1cccc(C)c1C. The molecule has 0 fully saturated rings. The Hall–Kier alpha value is -1.04. The number of hydrogen-bond donors (Lipinski definition) is 0. The largest absolute Gasteiger partial charge is 0.0729 e. The minimum absolute atomic E-state index is 1.37. The second kappa shape index (κ2) is 3.78. The summed E-state index contributed by atoms with van der Waals surface area (Å²) in [7, 11) is 0. The van der Waals surface area contributed by atoms with E-state index in [1.807, 2.05) is 0 Å². The monoisotopic (exact) mass is 174 g/mol. The number of benzene rings is 1. The van der Waals surface area contributed by atoms with Gasteiger partial charge in [0.2, 0.25) is 0 Å². The average molecular weight is 174 g/mol. The maximum atomic E-state index is 2.20. The summed E-state index contributed by atoms with van der Waals surface area (Å²) in [5, 5.41) is 0. The smallest absolute Gasteiger partial charge is 0.0196 e. The highest BCUT2D eigenvalue weighted by Gasteiger charge is 2.02. The molecule has 0 amide bonds. The summed E-state index contributed by atoms with van der Waals surface area (Å²) in [4.78, 5) is 0. The zero-order valence-corrected chi connectivity index (χ0v) is 9.23. The topological polar surface area (TPSA) is 0 Å². The van der Waals surface area contributed by atoms with Crippen LogP contribution in [-0.4, -0.2) is 0 Å². The van der Waals surface area contributed by atoms with Crippen LogP contribution in [0.1, 0.15) is 37.5 Å². The molecule has 70 valence electrons. The van der Waals surface area contributed by atoms with Gasteiger partial charge in [-0.15, -0.1) is 0 Å². The van der Waals surface area contributed by atoms with Gasteiger partial charge in [-0.1, -0.05) is 23.8 Å². The van der Waals surface area contributed by atoms with Crippen LogP contribution in [0.25, 0.3) is 5.57 Å². The summed E-state index contributed by atoms with van der Waals surface area (Å²) in [5.74, 6) is 0. The van der Waals surface area contributed by atoms with E-state index in [1.165, 1.54) is 27.8 Å². The molecule has 0 aliphatic rings. The van der Waals surface area contributed by atoms with E-state index in [4.69, 9.17) is 0 Å². The zero-order valence-electron chi connectivity index (χ0n) is 9.23. The third-order valence-corrected chi connectivity index (χ3v) is 2.76. The normalized spacial score (nSPS) is 9.92. The van der Waals surface area contributed by atoms with Crippen LogP contribution in [-0.2, 0) is 0 Å². The summed E-state index contributed by atoms with van der Waals surface area (Å²) in [6, 6.07) is 6.49. The van der Waals surface area contributed by atoms with Crippen molar-refractivity contribution in [3.8, 4) is 0 Å². The molecule has 1 aromatic rings. The van der Waals surface area contributed by atoms with Crippen LogP contribution >= 0.6 is 0 Å². The molecule has 0 saturated carbocycles. The van der Waals surface area contributed by atoms with E-state index in [0.29, 0.717) is 0 Å². The molecule has 0 heterocycles. The van der Waals surface area contributed by atoms with Crippen molar-refractivity contribution < 1.29 is 0 Å². The summed E-state index contributed by atoms with van der Waals surface area (Å²) in [6.45, 7) is 10.9. The fourth-order valence-electron chi connectivity index (χ4n) is 1.43. The molecule has 0 aliphatic heterocycles. The summed E-state index contributed by atoms with van der Waals surface area (Å²) in [6.07, 6.45) is 0. The van der Waals surface area contributed by atoms with Crippen LogP contribution in [0.4, 0.5) is 0 Å². The van der Waals surface area contributed by atoms with E-state index in [2.05, 4.69) is 52.8 Å². The van der Waals surface area contributed by atoms with E-state index >= 15 is 0 Å². The van der Waals surface area contributed by atoms with Crippen molar-refractivity contribution in [3.05, 3.63) is 40.5 Å². The van der Waals surface area contributed by atoms with Gasteiger partial charge in [0.1, 0.15) is 0 Å².